The summed E-state index contributed by atoms with van der Waals surface area (Å²) in [5.74, 6) is -0.467. The Morgan fingerprint density at radius 3 is 2.00 bits per heavy atom. The summed E-state index contributed by atoms with van der Waals surface area (Å²) in [7, 11) is 0. The van der Waals surface area contributed by atoms with E-state index in [1.54, 1.807) is 6.92 Å². The van der Waals surface area contributed by atoms with Gasteiger partial charge >= 0.3 is 11.9 Å². The smallest absolute Gasteiger partial charge is 0.333 e. The number of rotatable bonds is 14. The van der Waals surface area contributed by atoms with Crippen LogP contribution < -0.4 is 0 Å². The summed E-state index contributed by atoms with van der Waals surface area (Å²) in [5, 5.41) is 0. The third-order valence-electron chi connectivity index (χ3n) is 3.37. The molecule has 22 heavy (non-hydrogen) atoms. The first-order valence-electron chi connectivity index (χ1n) is 8.56. The van der Waals surface area contributed by atoms with Gasteiger partial charge in [-0.15, -0.1) is 0 Å². The van der Waals surface area contributed by atoms with Gasteiger partial charge in [-0.1, -0.05) is 45.6 Å². The van der Waals surface area contributed by atoms with Crippen molar-refractivity contribution in [3.8, 4) is 0 Å². The van der Waals surface area contributed by atoms with E-state index in [9.17, 15) is 9.59 Å². The molecule has 0 aliphatic heterocycles. The Morgan fingerprint density at radius 2 is 1.36 bits per heavy atom. The Kier molecular flexibility index (Phi) is 13.7. The summed E-state index contributed by atoms with van der Waals surface area (Å²) < 4.78 is 10.2. The predicted octanol–water partition coefficient (Wildman–Crippen LogP) is 4.57. The Morgan fingerprint density at radius 1 is 0.818 bits per heavy atom. The molecule has 0 atom stereocenters. The molecule has 4 heteroatoms. The van der Waals surface area contributed by atoms with Crippen LogP contribution in [0.15, 0.2) is 12.2 Å². The highest BCUT2D eigenvalue weighted by Gasteiger charge is 2.04. The quantitative estimate of drug-likeness (QED) is 0.268. The number of esters is 2. The largest absolute Gasteiger partial charge is 0.466 e. The van der Waals surface area contributed by atoms with E-state index in [0.717, 1.165) is 32.1 Å². The van der Waals surface area contributed by atoms with Gasteiger partial charge in [0.05, 0.1) is 13.2 Å². The topological polar surface area (TPSA) is 52.6 Å². The van der Waals surface area contributed by atoms with Crippen molar-refractivity contribution in [1.29, 1.82) is 0 Å². The van der Waals surface area contributed by atoms with Gasteiger partial charge in [0.15, 0.2) is 0 Å². The van der Waals surface area contributed by atoms with Crippen LogP contribution in [0.25, 0.3) is 0 Å². The maximum atomic E-state index is 11.5. The highest BCUT2D eigenvalue weighted by Crippen LogP contribution is 2.06. The second-order valence-electron chi connectivity index (χ2n) is 5.72. The van der Waals surface area contributed by atoms with E-state index in [4.69, 9.17) is 9.47 Å². The molecule has 4 nitrogen and oxygen atoms in total. The van der Waals surface area contributed by atoms with Gasteiger partial charge in [-0.2, -0.15) is 0 Å². The maximum Gasteiger partial charge on any atom is 0.333 e. The zero-order chi connectivity index (χ0) is 16.6. The molecule has 0 saturated carbocycles. The molecule has 0 spiro atoms. The zero-order valence-electron chi connectivity index (χ0n) is 14.3. The van der Waals surface area contributed by atoms with Crippen LogP contribution in [0.3, 0.4) is 0 Å². The molecule has 0 fully saturated rings. The lowest BCUT2D eigenvalue weighted by molar-refractivity contribution is -0.144. The Bertz CT molecular complexity index is 323. The molecule has 0 amide bonds. The Labute approximate surface area is 135 Å². The van der Waals surface area contributed by atoms with Gasteiger partial charge in [-0.25, -0.2) is 4.79 Å². The lowest BCUT2D eigenvalue weighted by atomic mass is 10.1. The number of ether oxygens (including phenoxy) is 2. The van der Waals surface area contributed by atoms with Crippen LogP contribution in [0.1, 0.15) is 78.1 Å². The maximum absolute atomic E-state index is 11.5. The lowest BCUT2D eigenvalue weighted by Crippen LogP contribution is -2.07. The first-order valence-corrected chi connectivity index (χ1v) is 8.56. The van der Waals surface area contributed by atoms with E-state index < -0.39 is 0 Å². The Balaban J connectivity index is 3.29. The number of carbonyl (C=O) groups excluding carboxylic acids is 2. The number of hydrogen-bond donors (Lipinski definition) is 0. The molecule has 0 aliphatic carbocycles. The summed E-state index contributed by atoms with van der Waals surface area (Å²) in [6, 6.07) is 0. The molecule has 0 aliphatic rings. The van der Waals surface area contributed by atoms with Gasteiger partial charge in [0, 0.05) is 12.0 Å². The standard InChI is InChI=1S/C18H32O4/c1-4-5-6-7-8-11-14-21-17(19)13-10-9-12-15-22-18(20)16(2)3/h2,4-15H2,1,3H3. The van der Waals surface area contributed by atoms with E-state index in [1.807, 2.05) is 0 Å². The molecule has 0 aromatic heterocycles. The summed E-state index contributed by atoms with van der Waals surface area (Å²) in [6.07, 6.45) is 10.0. The average molecular weight is 312 g/mol. The molecular formula is C18H32O4. The minimum Gasteiger partial charge on any atom is -0.466 e. The van der Waals surface area contributed by atoms with E-state index in [2.05, 4.69) is 13.5 Å². The molecule has 0 saturated heterocycles. The number of carbonyl (C=O) groups is 2. The summed E-state index contributed by atoms with van der Waals surface area (Å²) in [6.45, 7) is 8.27. The van der Waals surface area contributed by atoms with Crippen LogP contribution in [-0.4, -0.2) is 25.2 Å². The predicted molar refractivity (Wildman–Crippen MR) is 88.6 cm³/mol. The average Bonchev–Trinajstić information content (AvgIpc) is 2.49. The molecule has 0 radical (unpaired) electrons. The molecular weight excluding hydrogens is 280 g/mol. The monoisotopic (exact) mass is 312 g/mol. The fraction of sp³-hybridized carbons (Fsp3) is 0.778. The summed E-state index contributed by atoms with van der Waals surface area (Å²) in [5.41, 5.74) is 0.415. The van der Waals surface area contributed by atoms with Crippen molar-refractivity contribution in [2.45, 2.75) is 78.1 Å². The fourth-order valence-corrected chi connectivity index (χ4v) is 1.98. The van der Waals surface area contributed by atoms with Crippen molar-refractivity contribution in [3.63, 3.8) is 0 Å². The van der Waals surface area contributed by atoms with Crippen molar-refractivity contribution >= 4 is 11.9 Å². The normalized spacial score (nSPS) is 10.3. The van der Waals surface area contributed by atoms with Gasteiger partial charge in [-0.05, 0) is 32.6 Å². The molecule has 0 heterocycles. The molecule has 0 bridgehead atoms. The third-order valence-corrected chi connectivity index (χ3v) is 3.37. The summed E-state index contributed by atoms with van der Waals surface area (Å²) in [4.78, 5) is 22.6. The SMILES string of the molecule is C=C(C)C(=O)OCCCCCC(=O)OCCCCCCCC. The molecule has 0 unspecified atom stereocenters. The second-order valence-corrected chi connectivity index (χ2v) is 5.72. The van der Waals surface area contributed by atoms with Gasteiger partial charge in [0.1, 0.15) is 0 Å². The van der Waals surface area contributed by atoms with Gasteiger partial charge in [-0.3, -0.25) is 4.79 Å². The van der Waals surface area contributed by atoms with Crippen LogP contribution in [0.2, 0.25) is 0 Å². The molecule has 0 N–H and O–H groups in total. The van der Waals surface area contributed by atoms with Crippen LogP contribution in [0, 0.1) is 0 Å². The second kappa shape index (κ2) is 14.6. The van der Waals surface area contributed by atoms with Crippen LogP contribution in [-0.2, 0) is 19.1 Å². The molecule has 0 rings (SSSR count). The first-order chi connectivity index (χ1) is 10.6. The Hall–Kier alpha value is -1.32. The number of hydrogen-bond acceptors (Lipinski definition) is 4. The van der Waals surface area contributed by atoms with Crippen LogP contribution in [0.4, 0.5) is 0 Å². The van der Waals surface area contributed by atoms with Crippen molar-refractivity contribution in [1.82, 2.24) is 0 Å². The molecule has 0 aromatic carbocycles. The minimum atomic E-state index is -0.349. The van der Waals surface area contributed by atoms with Crippen molar-refractivity contribution < 1.29 is 19.1 Å². The van der Waals surface area contributed by atoms with E-state index in [0.29, 0.717) is 25.2 Å². The van der Waals surface area contributed by atoms with Crippen LogP contribution in [0.5, 0.6) is 0 Å². The van der Waals surface area contributed by atoms with Gasteiger partial charge in [0.25, 0.3) is 0 Å². The van der Waals surface area contributed by atoms with E-state index >= 15 is 0 Å². The zero-order valence-corrected chi connectivity index (χ0v) is 14.3. The minimum absolute atomic E-state index is 0.118. The van der Waals surface area contributed by atoms with Crippen LogP contribution >= 0.6 is 0 Å². The first kappa shape index (κ1) is 20.7. The van der Waals surface area contributed by atoms with Gasteiger partial charge in [0.2, 0.25) is 0 Å². The van der Waals surface area contributed by atoms with E-state index in [1.165, 1.54) is 25.7 Å². The molecule has 0 aromatic rings. The van der Waals surface area contributed by atoms with Crippen molar-refractivity contribution in [3.05, 3.63) is 12.2 Å². The molecule has 128 valence electrons. The lowest BCUT2D eigenvalue weighted by Gasteiger charge is -2.06. The highest BCUT2D eigenvalue weighted by atomic mass is 16.5. The van der Waals surface area contributed by atoms with Crippen molar-refractivity contribution in [2.75, 3.05) is 13.2 Å². The third kappa shape index (κ3) is 13.7. The summed E-state index contributed by atoms with van der Waals surface area (Å²) >= 11 is 0. The fourth-order valence-electron chi connectivity index (χ4n) is 1.98. The number of unbranched alkanes of at least 4 members (excludes halogenated alkanes) is 7. The van der Waals surface area contributed by atoms with E-state index in [-0.39, 0.29) is 11.9 Å². The van der Waals surface area contributed by atoms with Crippen molar-refractivity contribution in [2.24, 2.45) is 0 Å². The highest BCUT2D eigenvalue weighted by molar-refractivity contribution is 5.86. The van der Waals surface area contributed by atoms with Gasteiger partial charge < -0.3 is 9.47 Å².